The summed E-state index contributed by atoms with van der Waals surface area (Å²) in [4.78, 5) is 0. The third-order valence-corrected chi connectivity index (χ3v) is 14.3. The first-order chi connectivity index (χ1) is 33.4. The molecular weight excluding hydrogens is 885 g/mol. The lowest BCUT2D eigenvalue weighted by atomic mass is 9.69. The fourth-order valence-corrected chi connectivity index (χ4v) is 11.3. The first-order valence-corrected chi connectivity index (χ1v) is 22.7. The maximum atomic E-state index is 12.7. The van der Waals surface area contributed by atoms with Gasteiger partial charge in [0.15, 0.2) is 34.5 Å². The summed E-state index contributed by atoms with van der Waals surface area (Å²) in [6.45, 7) is 8.62. The van der Waals surface area contributed by atoms with Gasteiger partial charge in [-0.05, 0) is 83.1 Å². The van der Waals surface area contributed by atoms with E-state index >= 15 is 0 Å². The molecule has 0 saturated carbocycles. The monoisotopic (exact) mass is 930 g/mol. The molecular formula is C59H46O11. The second-order valence-corrected chi connectivity index (χ2v) is 19.2. The first kappa shape index (κ1) is 43.6. The second kappa shape index (κ2) is 15.3. The van der Waals surface area contributed by atoms with E-state index in [4.69, 9.17) is 0 Å². The van der Waals surface area contributed by atoms with Gasteiger partial charge in [-0.25, -0.2) is 0 Å². The van der Waals surface area contributed by atoms with Gasteiger partial charge in [0.2, 0.25) is 17.2 Å². The van der Waals surface area contributed by atoms with E-state index in [1.54, 1.807) is 48.5 Å². The van der Waals surface area contributed by atoms with E-state index < -0.39 is 85.1 Å². The molecule has 1 unspecified atom stereocenters. The molecule has 11 heteroatoms. The highest BCUT2D eigenvalue weighted by Crippen LogP contribution is 2.64. The van der Waals surface area contributed by atoms with Gasteiger partial charge in [0.25, 0.3) is 0 Å². The molecule has 11 rings (SSSR count). The molecule has 0 spiro atoms. The van der Waals surface area contributed by atoms with Crippen LogP contribution in [0.3, 0.4) is 0 Å². The summed E-state index contributed by atoms with van der Waals surface area (Å²) in [6.07, 6.45) is 2.66. The lowest BCUT2D eigenvalue weighted by Crippen LogP contribution is -2.22. The van der Waals surface area contributed by atoms with Crippen molar-refractivity contribution in [2.24, 2.45) is 11.3 Å². The summed E-state index contributed by atoms with van der Waals surface area (Å²) < 4.78 is 0. The van der Waals surface area contributed by atoms with Gasteiger partial charge < -0.3 is 56.2 Å². The van der Waals surface area contributed by atoms with Gasteiger partial charge in [-0.3, -0.25) is 0 Å². The minimum atomic E-state index is -1.15. The van der Waals surface area contributed by atoms with Crippen LogP contribution in [0.4, 0.5) is 0 Å². The van der Waals surface area contributed by atoms with E-state index in [9.17, 15) is 56.2 Å². The number of hydrogen-bond acceptors (Lipinski definition) is 11. The maximum Gasteiger partial charge on any atom is 0.208 e. The van der Waals surface area contributed by atoms with Crippen LogP contribution in [0.2, 0.25) is 0 Å². The molecule has 1 atom stereocenters. The van der Waals surface area contributed by atoms with Gasteiger partial charge >= 0.3 is 0 Å². The van der Waals surface area contributed by atoms with E-state index in [0.717, 1.165) is 38.4 Å². The van der Waals surface area contributed by atoms with Crippen molar-refractivity contribution < 1.29 is 56.2 Å². The number of phenols is 11. The molecule has 0 radical (unpaired) electrons. The minimum absolute atomic E-state index is 0.00967. The summed E-state index contributed by atoms with van der Waals surface area (Å²) >= 11 is 0. The number of allylic oxidation sites excluding steroid dienone is 1. The Hall–Kier alpha value is -8.96. The van der Waals surface area contributed by atoms with Crippen molar-refractivity contribution in [3.05, 3.63) is 132 Å². The molecule has 0 saturated heterocycles. The summed E-state index contributed by atoms with van der Waals surface area (Å²) in [5.74, 6) is -10.3. The Morgan fingerprint density at radius 1 is 0.357 bits per heavy atom. The van der Waals surface area contributed by atoms with Gasteiger partial charge in [-0.15, -0.1) is 0 Å². The Balaban J connectivity index is 1.24. The Bertz CT molecular complexity index is 3900. The van der Waals surface area contributed by atoms with E-state index in [-0.39, 0.29) is 49.6 Å². The zero-order chi connectivity index (χ0) is 49.4. The van der Waals surface area contributed by atoms with Crippen LogP contribution < -0.4 is 0 Å². The Morgan fingerprint density at radius 3 is 1.19 bits per heavy atom. The van der Waals surface area contributed by atoms with Crippen LogP contribution in [0, 0.1) is 11.3 Å². The van der Waals surface area contributed by atoms with Gasteiger partial charge in [0.1, 0.15) is 11.5 Å². The van der Waals surface area contributed by atoms with Crippen molar-refractivity contribution in [1.82, 2.24) is 0 Å². The molecule has 1 aliphatic carbocycles. The van der Waals surface area contributed by atoms with Crippen molar-refractivity contribution in [3.63, 3.8) is 0 Å². The zero-order valence-electron chi connectivity index (χ0n) is 38.3. The zero-order valence-corrected chi connectivity index (χ0v) is 38.3. The molecule has 0 aromatic heterocycles. The van der Waals surface area contributed by atoms with E-state index in [2.05, 4.69) is 58.0 Å². The van der Waals surface area contributed by atoms with Crippen molar-refractivity contribution in [1.29, 1.82) is 0 Å². The predicted octanol–water partition coefficient (Wildman–Crippen LogP) is 13.5. The molecule has 0 aliphatic heterocycles. The maximum absolute atomic E-state index is 12.7. The molecule has 1 aliphatic rings. The van der Waals surface area contributed by atoms with Crippen molar-refractivity contribution in [2.45, 2.75) is 34.1 Å². The summed E-state index contributed by atoms with van der Waals surface area (Å²) in [5, 5.41) is 132. The average molecular weight is 931 g/mol. The largest absolute Gasteiger partial charge is 0.506 e. The minimum Gasteiger partial charge on any atom is -0.506 e. The molecule has 0 heterocycles. The summed E-state index contributed by atoms with van der Waals surface area (Å²) in [7, 11) is 0. The van der Waals surface area contributed by atoms with Crippen molar-refractivity contribution in [3.8, 4) is 108 Å². The highest BCUT2D eigenvalue weighted by Gasteiger charge is 2.37. The molecule has 0 fully saturated rings. The molecule has 10 aromatic carbocycles. The van der Waals surface area contributed by atoms with Gasteiger partial charge in [0.05, 0.1) is 27.5 Å². The van der Waals surface area contributed by atoms with Crippen LogP contribution in [-0.4, -0.2) is 56.2 Å². The lowest BCUT2D eigenvalue weighted by Gasteiger charge is -2.35. The van der Waals surface area contributed by atoms with Crippen LogP contribution in [0.5, 0.6) is 63.2 Å². The van der Waals surface area contributed by atoms with Crippen LogP contribution in [0.25, 0.3) is 104 Å². The van der Waals surface area contributed by atoms with E-state index in [1.807, 2.05) is 42.5 Å². The highest BCUT2D eigenvalue weighted by atomic mass is 16.4. The SMILES string of the molecule is CC1Cc2c(c(-c3cccc4ccccc34)c3ccccc3c2-c2c(O)c(O)c3c(O)c(-c4c5ccccc5c(-c5c(O)c(O)c(O)c(O)c5O)c5ccccc45)c(O)c(O)c3c2O)C=C1C(C)(C)C. The smallest absolute Gasteiger partial charge is 0.208 e. The topological polar surface area (TPSA) is 223 Å². The van der Waals surface area contributed by atoms with Gasteiger partial charge in [-0.1, -0.05) is 155 Å². The predicted molar refractivity (Wildman–Crippen MR) is 274 cm³/mol. The Kier molecular flexibility index (Phi) is 9.52. The lowest BCUT2D eigenvalue weighted by molar-refractivity contribution is 0.330. The standard InChI is InChI=1S/C59H46O11/c1-26-24-36-37(25-38(26)59(2,3)4)39(29-23-13-15-27-14-5-6-16-28(27)29)30-17-7-8-18-31(30)42(36)44-49(61)47-46(53(65)51(44)63)48(60)43(50(62)52(47)64)40-32-19-9-11-21-34(32)41(35-22-12-10-20-33(35)40)45-54(66)56(68)58(70)57(69)55(45)67/h5-23,25-26,60-70H,24H2,1-4H3. The van der Waals surface area contributed by atoms with E-state index in [0.29, 0.717) is 17.4 Å². The molecule has 11 N–H and O–H groups in total. The molecule has 0 bridgehead atoms. The first-order valence-electron chi connectivity index (χ1n) is 22.7. The van der Waals surface area contributed by atoms with E-state index in [1.165, 1.54) is 5.57 Å². The molecule has 11 nitrogen and oxygen atoms in total. The fraction of sp³-hybridized carbons (Fsp3) is 0.119. The van der Waals surface area contributed by atoms with Crippen molar-refractivity contribution >= 4 is 59.9 Å². The highest BCUT2D eigenvalue weighted by molar-refractivity contribution is 6.26. The van der Waals surface area contributed by atoms with Gasteiger partial charge in [-0.2, -0.15) is 0 Å². The van der Waals surface area contributed by atoms with Crippen LogP contribution in [0.15, 0.2) is 121 Å². The van der Waals surface area contributed by atoms with Gasteiger partial charge in [0, 0.05) is 16.7 Å². The Morgan fingerprint density at radius 2 is 0.714 bits per heavy atom. The number of phenolic OH excluding ortho intramolecular Hbond substituents is 11. The molecule has 10 aromatic rings. The summed E-state index contributed by atoms with van der Waals surface area (Å²) in [5.41, 5.74) is 3.98. The number of hydrogen-bond donors (Lipinski definition) is 11. The quantitative estimate of drug-likeness (QED) is 0.0452. The molecule has 0 amide bonds. The Labute approximate surface area is 399 Å². The molecule has 70 heavy (non-hydrogen) atoms. The van der Waals surface area contributed by atoms with Crippen LogP contribution in [-0.2, 0) is 6.42 Å². The second-order valence-electron chi connectivity index (χ2n) is 19.2. The average Bonchev–Trinajstić information content (AvgIpc) is 3.35. The number of benzene rings is 10. The number of aromatic hydroxyl groups is 11. The summed E-state index contributed by atoms with van der Waals surface area (Å²) in [6, 6.07) is 34.7. The van der Waals surface area contributed by atoms with Crippen LogP contribution in [0.1, 0.15) is 38.8 Å². The number of fused-ring (bicyclic) bond motifs is 6. The fourth-order valence-electron chi connectivity index (χ4n) is 11.3. The van der Waals surface area contributed by atoms with Crippen LogP contribution >= 0.6 is 0 Å². The third kappa shape index (κ3) is 5.94. The third-order valence-electron chi connectivity index (χ3n) is 14.3. The van der Waals surface area contributed by atoms with Crippen molar-refractivity contribution in [2.75, 3.05) is 0 Å². The molecule has 348 valence electrons. The normalized spacial score (nSPS) is 13.9. The number of rotatable bonds is 4.